The van der Waals surface area contributed by atoms with Crippen molar-refractivity contribution < 1.29 is 0 Å². The quantitative estimate of drug-likeness (QED) is 0.504. The first-order chi connectivity index (χ1) is 7.36. The number of hydrogen-bond acceptors (Lipinski definition) is 1. The molecule has 2 N–H and O–H groups in total. The summed E-state index contributed by atoms with van der Waals surface area (Å²) in [6.07, 6.45) is 9.14. The van der Waals surface area contributed by atoms with E-state index in [0.717, 1.165) is 12.1 Å². The second-order valence-electron chi connectivity index (χ2n) is 3.96. The molecule has 0 radical (unpaired) electrons. The van der Waals surface area contributed by atoms with Gasteiger partial charge in [0, 0.05) is 5.69 Å². The van der Waals surface area contributed by atoms with E-state index in [-0.39, 0.29) is 0 Å². The molecule has 0 heterocycles. The average molecular weight is 199 g/mol. The van der Waals surface area contributed by atoms with Crippen LogP contribution in [-0.4, -0.2) is 0 Å². The summed E-state index contributed by atoms with van der Waals surface area (Å²) in [6, 6.07) is 2.33. The molecular formula is C14H17N. The molecule has 1 nitrogen and oxygen atoms in total. The van der Waals surface area contributed by atoms with E-state index in [9.17, 15) is 0 Å². The lowest BCUT2D eigenvalue weighted by Gasteiger charge is -2.09. The van der Waals surface area contributed by atoms with Gasteiger partial charge in [0.15, 0.2) is 0 Å². The van der Waals surface area contributed by atoms with Gasteiger partial charge in [-0.25, -0.2) is 0 Å². The second kappa shape index (κ2) is 3.93. The van der Waals surface area contributed by atoms with Crippen LogP contribution in [-0.2, 0) is 19.3 Å². The third kappa shape index (κ3) is 1.48. The summed E-state index contributed by atoms with van der Waals surface area (Å²) in [4.78, 5) is 0. The minimum Gasteiger partial charge on any atom is -0.398 e. The van der Waals surface area contributed by atoms with Gasteiger partial charge in [0.05, 0.1) is 0 Å². The van der Waals surface area contributed by atoms with E-state index >= 15 is 0 Å². The molecule has 15 heavy (non-hydrogen) atoms. The molecule has 2 aliphatic carbocycles. The van der Waals surface area contributed by atoms with Gasteiger partial charge in [-0.2, -0.15) is 0 Å². The summed E-state index contributed by atoms with van der Waals surface area (Å²) in [6.45, 7) is 6.00. The van der Waals surface area contributed by atoms with E-state index in [1.54, 1.807) is 0 Å². The molecule has 2 aliphatic rings. The predicted octanol–water partition coefficient (Wildman–Crippen LogP) is 3.13. The maximum atomic E-state index is 6.15. The van der Waals surface area contributed by atoms with Gasteiger partial charge >= 0.3 is 0 Å². The number of hydrogen-bond donors (Lipinski definition) is 1. The Morgan fingerprint density at radius 3 is 2.73 bits per heavy atom. The van der Waals surface area contributed by atoms with Crippen molar-refractivity contribution >= 4 is 11.8 Å². The van der Waals surface area contributed by atoms with Crippen molar-refractivity contribution in [2.75, 3.05) is 5.73 Å². The second-order valence-corrected chi connectivity index (χ2v) is 3.96. The first-order valence-electron chi connectivity index (χ1n) is 5.46. The highest BCUT2D eigenvalue weighted by Gasteiger charge is 2.19. The smallest absolute Gasteiger partial charge is 0.0391 e. The topological polar surface area (TPSA) is 26.0 Å². The van der Waals surface area contributed by atoms with E-state index in [0.29, 0.717) is 0 Å². The lowest BCUT2D eigenvalue weighted by Crippen LogP contribution is -1.99. The maximum absolute atomic E-state index is 6.15. The highest BCUT2D eigenvalue weighted by atomic mass is 14.6. The Morgan fingerprint density at radius 1 is 1.13 bits per heavy atom. The largest absolute Gasteiger partial charge is 0.398 e. The molecule has 1 heteroatoms. The molecule has 1 aromatic rings. The molecule has 0 bridgehead atoms. The van der Waals surface area contributed by atoms with Crippen LogP contribution in [0.15, 0.2) is 25.3 Å². The number of nitrogen functional groups attached to an aromatic ring is 1. The summed E-state index contributed by atoms with van der Waals surface area (Å²) in [5.74, 6) is 0. The lowest BCUT2D eigenvalue weighted by atomic mass is 9.99. The van der Waals surface area contributed by atoms with Gasteiger partial charge < -0.3 is 5.73 Å². The summed E-state index contributed by atoms with van der Waals surface area (Å²) < 4.78 is 0. The fourth-order valence-electron chi connectivity index (χ4n) is 2.53. The van der Waals surface area contributed by atoms with Crippen molar-refractivity contribution in [2.45, 2.75) is 25.7 Å². The molecule has 0 saturated heterocycles. The Morgan fingerprint density at radius 2 is 1.93 bits per heavy atom. The minimum atomic E-state index is 1.04. The number of aryl methyl sites for hydroxylation is 1. The summed E-state index contributed by atoms with van der Waals surface area (Å²) in [5, 5.41) is 0. The zero-order valence-corrected chi connectivity index (χ0v) is 9.05. The standard InChI is InChI=1S/C12H13N.C2H4/c13-12-10-5-1-3-8(10)7-9-4-2-6-11(9)12;1-2/h1,3,7H,2,4-6,13H2;1-2H2. The molecule has 3 rings (SSSR count). The van der Waals surface area contributed by atoms with E-state index in [1.807, 2.05) is 0 Å². The van der Waals surface area contributed by atoms with E-state index in [2.05, 4.69) is 31.4 Å². The number of anilines is 1. The van der Waals surface area contributed by atoms with Gasteiger partial charge in [-0.05, 0) is 47.9 Å². The van der Waals surface area contributed by atoms with Crippen LogP contribution in [0.2, 0.25) is 0 Å². The molecule has 78 valence electrons. The normalized spacial score (nSPS) is 15.5. The predicted molar refractivity (Wildman–Crippen MR) is 66.9 cm³/mol. The molecule has 0 aliphatic heterocycles. The lowest BCUT2D eigenvalue weighted by molar-refractivity contribution is 0.912. The van der Waals surface area contributed by atoms with Crippen molar-refractivity contribution in [1.29, 1.82) is 0 Å². The van der Waals surface area contributed by atoms with Gasteiger partial charge in [0.25, 0.3) is 0 Å². The van der Waals surface area contributed by atoms with Crippen LogP contribution in [0.1, 0.15) is 28.7 Å². The fraction of sp³-hybridized carbons (Fsp3) is 0.286. The Bertz CT molecular complexity index is 412. The molecule has 0 atom stereocenters. The molecule has 0 fully saturated rings. The van der Waals surface area contributed by atoms with Gasteiger partial charge in [-0.15, -0.1) is 13.2 Å². The monoisotopic (exact) mass is 199 g/mol. The Labute approximate surface area is 91.3 Å². The van der Waals surface area contributed by atoms with Crippen LogP contribution in [0.5, 0.6) is 0 Å². The molecule has 1 aromatic carbocycles. The Kier molecular flexibility index (Phi) is 2.63. The zero-order chi connectivity index (χ0) is 10.8. The third-order valence-electron chi connectivity index (χ3n) is 3.21. The summed E-state index contributed by atoms with van der Waals surface area (Å²) >= 11 is 0. The zero-order valence-electron chi connectivity index (χ0n) is 9.05. The van der Waals surface area contributed by atoms with Crippen LogP contribution in [0.25, 0.3) is 6.08 Å². The molecule has 0 spiro atoms. The van der Waals surface area contributed by atoms with Crippen LogP contribution in [0.4, 0.5) is 5.69 Å². The van der Waals surface area contributed by atoms with Crippen molar-refractivity contribution in [1.82, 2.24) is 0 Å². The van der Waals surface area contributed by atoms with Gasteiger partial charge in [-0.1, -0.05) is 18.2 Å². The van der Waals surface area contributed by atoms with Crippen LogP contribution in [0.3, 0.4) is 0 Å². The van der Waals surface area contributed by atoms with Gasteiger partial charge in [-0.3, -0.25) is 0 Å². The molecule has 0 aromatic heterocycles. The number of fused-ring (bicyclic) bond motifs is 2. The number of rotatable bonds is 0. The third-order valence-corrected chi connectivity index (χ3v) is 3.21. The van der Waals surface area contributed by atoms with Crippen molar-refractivity contribution in [2.24, 2.45) is 0 Å². The van der Waals surface area contributed by atoms with Crippen molar-refractivity contribution in [3.8, 4) is 0 Å². The molecule has 0 unspecified atom stereocenters. The molecule has 0 amide bonds. The Balaban J connectivity index is 0.000000404. The first kappa shape index (κ1) is 10.0. The summed E-state index contributed by atoms with van der Waals surface area (Å²) in [7, 11) is 0. The fourth-order valence-corrected chi connectivity index (χ4v) is 2.53. The SMILES string of the molecule is C=C.Nc1c2c(cc3c1CCC3)C=CC2. The number of allylic oxidation sites excluding steroid dienone is 1. The minimum absolute atomic E-state index is 1.04. The maximum Gasteiger partial charge on any atom is 0.0391 e. The highest BCUT2D eigenvalue weighted by Crippen LogP contribution is 2.35. The van der Waals surface area contributed by atoms with Crippen molar-refractivity contribution in [3.63, 3.8) is 0 Å². The van der Waals surface area contributed by atoms with Crippen LogP contribution < -0.4 is 5.73 Å². The van der Waals surface area contributed by atoms with E-state index < -0.39 is 0 Å². The molecule has 0 saturated carbocycles. The number of benzene rings is 1. The van der Waals surface area contributed by atoms with Crippen LogP contribution >= 0.6 is 0 Å². The van der Waals surface area contributed by atoms with Gasteiger partial charge in [0.2, 0.25) is 0 Å². The molecular weight excluding hydrogens is 182 g/mol. The van der Waals surface area contributed by atoms with Crippen molar-refractivity contribution in [3.05, 3.63) is 47.6 Å². The average Bonchev–Trinajstić information content (AvgIpc) is 2.89. The summed E-state index contributed by atoms with van der Waals surface area (Å²) in [5.41, 5.74) is 12.9. The van der Waals surface area contributed by atoms with E-state index in [4.69, 9.17) is 5.73 Å². The highest BCUT2D eigenvalue weighted by molar-refractivity contribution is 5.72. The van der Waals surface area contributed by atoms with E-state index in [1.165, 1.54) is 41.5 Å². The van der Waals surface area contributed by atoms with Gasteiger partial charge in [0.1, 0.15) is 0 Å². The number of nitrogens with two attached hydrogens (primary N) is 1. The first-order valence-corrected chi connectivity index (χ1v) is 5.46. The van der Waals surface area contributed by atoms with Crippen LogP contribution in [0, 0.1) is 0 Å². The Hall–Kier alpha value is -1.50.